The van der Waals surface area contributed by atoms with Crippen LogP contribution in [0.15, 0.2) is 41.3 Å². The highest BCUT2D eigenvalue weighted by Crippen LogP contribution is 2.09. The zero-order valence-corrected chi connectivity index (χ0v) is 11.4. The summed E-state index contributed by atoms with van der Waals surface area (Å²) in [5.41, 5.74) is 0.494. The predicted molar refractivity (Wildman–Crippen MR) is 76.1 cm³/mol. The van der Waals surface area contributed by atoms with Crippen LogP contribution in [0.5, 0.6) is 0 Å². The van der Waals surface area contributed by atoms with Crippen LogP contribution in [-0.2, 0) is 11.3 Å². The Balaban J connectivity index is 2.34. The van der Waals surface area contributed by atoms with E-state index in [0.29, 0.717) is 5.39 Å². The monoisotopic (exact) mass is 258 g/mol. The van der Waals surface area contributed by atoms with Crippen LogP contribution in [0.4, 0.5) is 0 Å². The molecule has 0 spiro atoms. The molecular weight excluding hydrogens is 240 g/mol. The van der Waals surface area contributed by atoms with Crippen LogP contribution in [0.1, 0.15) is 20.8 Å². The molecule has 0 aliphatic heterocycles. The number of nitrogens with zero attached hydrogens (tertiary/aromatic N) is 1. The molecule has 1 heterocycles. The predicted octanol–water partition coefficient (Wildman–Crippen LogP) is 1.92. The van der Waals surface area contributed by atoms with E-state index < -0.39 is 0 Å². The van der Waals surface area contributed by atoms with Crippen molar-refractivity contribution >= 4 is 16.8 Å². The van der Waals surface area contributed by atoms with Crippen LogP contribution < -0.4 is 10.7 Å². The fourth-order valence-corrected chi connectivity index (χ4v) is 2.01. The summed E-state index contributed by atoms with van der Waals surface area (Å²) in [6.45, 7) is 6.02. The topological polar surface area (TPSA) is 51.1 Å². The molecule has 1 aromatic heterocycles. The molecule has 1 aromatic carbocycles. The molecule has 0 saturated heterocycles. The van der Waals surface area contributed by atoms with E-state index in [1.165, 1.54) is 6.07 Å². The zero-order chi connectivity index (χ0) is 14.0. The number of hydrogen-bond donors (Lipinski definition) is 1. The molecule has 1 amide bonds. The quantitative estimate of drug-likeness (QED) is 0.894. The van der Waals surface area contributed by atoms with E-state index in [1.54, 1.807) is 16.8 Å². The van der Waals surface area contributed by atoms with Crippen LogP contribution >= 0.6 is 0 Å². The summed E-state index contributed by atoms with van der Waals surface area (Å²) in [4.78, 5) is 23.7. The molecule has 19 heavy (non-hydrogen) atoms. The third-order valence-corrected chi connectivity index (χ3v) is 2.71. The Bertz CT molecular complexity index is 666. The largest absolute Gasteiger partial charge is 0.350 e. The average molecular weight is 258 g/mol. The smallest absolute Gasteiger partial charge is 0.240 e. The van der Waals surface area contributed by atoms with E-state index in [1.807, 2.05) is 39.0 Å². The molecule has 1 N–H and O–H groups in total. The van der Waals surface area contributed by atoms with Gasteiger partial charge in [0.05, 0.1) is 5.52 Å². The summed E-state index contributed by atoms with van der Waals surface area (Å²) in [6, 6.07) is 8.80. The van der Waals surface area contributed by atoms with Gasteiger partial charge in [-0.25, -0.2) is 0 Å². The Hall–Kier alpha value is -2.10. The molecule has 0 fully saturated rings. The minimum Gasteiger partial charge on any atom is -0.350 e. The number of carbonyl (C=O) groups is 1. The second-order valence-electron chi connectivity index (χ2n) is 5.62. The first-order valence-electron chi connectivity index (χ1n) is 6.26. The van der Waals surface area contributed by atoms with Crippen LogP contribution in [0.25, 0.3) is 10.9 Å². The second-order valence-corrected chi connectivity index (χ2v) is 5.62. The number of benzene rings is 1. The Morgan fingerprint density at radius 3 is 2.58 bits per heavy atom. The van der Waals surface area contributed by atoms with Crippen molar-refractivity contribution in [2.24, 2.45) is 0 Å². The Kier molecular flexibility index (Phi) is 3.42. The molecule has 0 unspecified atom stereocenters. The standard InChI is InChI=1S/C15H18N2O2/c1-15(2,3)16-14(19)10-17-9-8-13(18)11-6-4-5-7-12(11)17/h4-9H,10H2,1-3H3,(H,16,19). The number of aromatic nitrogens is 1. The lowest BCUT2D eigenvalue weighted by Gasteiger charge is -2.21. The molecule has 0 aliphatic rings. The zero-order valence-electron chi connectivity index (χ0n) is 11.4. The summed E-state index contributed by atoms with van der Waals surface area (Å²) in [7, 11) is 0. The number of hydrogen-bond acceptors (Lipinski definition) is 2. The second kappa shape index (κ2) is 4.88. The molecule has 0 bridgehead atoms. The number of carbonyl (C=O) groups excluding carboxylic acids is 1. The van der Waals surface area contributed by atoms with E-state index in [9.17, 15) is 9.59 Å². The van der Waals surface area contributed by atoms with Crippen molar-refractivity contribution in [3.05, 3.63) is 46.8 Å². The molecule has 2 rings (SSSR count). The Labute approximate surface area is 112 Å². The lowest BCUT2D eigenvalue weighted by Crippen LogP contribution is -2.42. The lowest BCUT2D eigenvalue weighted by molar-refractivity contribution is -0.123. The fourth-order valence-electron chi connectivity index (χ4n) is 2.01. The molecule has 0 saturated carbocycles. The first-order chi connectivity index (χ1) is 8.87. The van der Waals surface area contributed by atoms with Gasteiger partial charge in [-0.1, -0.05) is 12.1 Å². The van der Waals surface area contributed by atoms with E-state index in [0.717, 1.165) is 5.52 Å². The number of rotatable bonds is 2. The highest BCUT2D eigenvalue weighted by Gasteiger charge is 2.14. The van der Waals surface area contributed by atoms with Crippen molar-refractivity contribution in [2.75, 3.05) is 0 Å². The summed E-state index contributed by atoms with van der Waals surface area (Å²) in [5.74, 6) is -0.0682. The van der Waals surface area contributed by atoms with Crippen molar-refractivity contribution in [2.45, 2.75) is 32.9 Å². The molecule has 4 nitrogen and oxygen atoms in total. The van der Waals surface area contributed by atoms with Crippen molar-refractivity contribution in [3.8, 4) is 0 Å². The molecule has 0 radical (unpaired) electrons. The van der Waals surface area contributed by atoms with E-state index >= 15 is 0 Å². The van der Waals surface area contributed by atoms with Gasteiger partial charge in [0.2, 0.25) is 5.91 Å². The van der Waals surface area contributed by atoms with Gasteiger partial charge in [0, 0.05) is 23.2 Å². The van der Waals surface area contributed by atoms with Gasteiger partial charge >= 0.3 is 0 Å². The minimum absolute atomic E-state index is 0.0249. The Morgan fingerprint density at radius 2 is 1.89 bits per heavy atom. The van der Waals surface area contributed by atoms with Gasteiger partial charge in [-0.05, 0) is 32.9 Å². The molecule has 100 valence electrons. The Morgan fingerprint density at radius 1 is 1.21 bits per heavy atom. The van der Waals surface area contributed by atoms with Gasteiger partial charge in [0.1, 0.15) is 6.54 Å². The van der Waals surface area contributed by atoms with Gasteiger partial charge in [-0.2, -0.15) is 0 Å². The summed E-state index contributed by atoms with van der Waals surface area (Å²) < 4.78 is 1.79. The maximum absolute atomic E-state index is 11.9. The van der Waals surface area contributed by atoms with Gasteiger partial charge in [-0.3, -0.25) is 9.59 Å². The average Bonchev–Trinajstić information content (AvgIpc) is 2.31. The summed E-state index contributed by atoms with van der Waals surface area (Å²) in [5, 5.41) is 3.54. The number of amides is 1. The van der Waals surface area contributed by atoms with Crippen molar-refractivity contribution < 1.29 is 4.79 Å². The fraction of sp³-hybridized carbons (Fsp3) is 0.333. The third kappa shape index (κ3) is 3.22. The van der Waals surface area contributed by atoms with Gasteiger partial charge < -0.3 is 9.88 Å². The van der Waals surface area contributed by atoms with Gasteiger partial charge in [-0.15, -0.1) is 0 Å². The van der Waals surface area contributed by atoms with E-state index in [-0.39, 0.29) is 23.4 Å². The lowest BCUT2D eigenvalue weighted by atomic mass is 10.1. The first-order valence-corrected chi connectivity index (χ1v) is 6.26. The molecule has 0 atom stereocenters. The maximum Gasteiger partial charge on any atom is 0.240 e. The normalized spacial score (nSPS) is 11.5. The maximum atomic E-state index is 11.9. The van der Waals surface area contributed by atoms with Crippen LogP contribution in [-0.4, -0.2) is 16.0 Å². The highest BCUT2D eigenvalue weighted by atomic mass is 16.2. The van der Waals surface area contributed by atoms with Crippen LogP contribution in [0.2, 0.25) is 0 Å². The number of para-hydroxylation sites is 1. The molecule has 0 aliphatic carbocycles. The molecule has 2 aromatic rings. The molecular formula is C15H18N2O2. The molecule has 4 heteroatoms. The van der Waals surface area contributed by atoms with Crippen molar-refractivity contribution in [3.63, 3.8) is 0 Å². The van der Waals surface area contributed by atoms with Crippen molar-refractivity contribution in [1.29, 1.82) is 0 Å². The van der Waals surface area contributed by atoms with Crippen molar-refractivity contribution in [1.82, 2.24) is 9.88 Å². The third-order valence-electron chi connectivity index (χ3n) is 2.71. The summed E-state index contributed by atoms with van der Waals surface area (Å²) >= 11 is 0. The SMILES string of the molecule is CC(C)(C)NC(=O)Cn1ccc(=O)c2ccccc21. The van der Waals surface area contributed by atoms with Gasteiger partial charge in [0.15, 0.2) is 5.43 Å². The van der Waals surface area contributed by atoms with Gasteiger partial charge in [0.25, 0.3) is 0 Å². The van der Waals surface area contributed by atoms with E-state index in [4.69, 9.17) is 0 Å². The highest BCUT2D eigenvalue weighted by molar-refractivity contribution is 5.82. The number of nitrogens with one attached hydrogen (secondary N) is 1. The van der Waals surface area contributed by atoms with E-state index in [2.05, 4.69) is 5.32 Å². The van der Waals surface area contributed by atoms with Crippen LogP contribution in [0.3, 0.4) is 0 Å². The number of fused-ring (bicyclic) bond motifs is 1. The minimum atomic E-state index is -0.258. The number of pyridine rings is 1. The van der Waals surface area contributed by atoms with Crippen LogP contribution in [0, 0.1) is 0 Å². The summed E-state index contributed by atoms with van der Waals surface area (Å²) in [6.07, 6.45) is 1.66. The first kappa shape index (κ1) is 13.3.